The molecule has 0 amide bonds. The minimum atomic E-state index is 0.805. The minimum Gasteiger partial charge on any atom is -0.397 e. The summed E-state index contributed by atoms with van der Waals surface area (Å²) in [6.07, 6.45) is 0. The first-order valence-electron chi connectivity index (χ1n) is 6.22. The van der Waals surface area contributed by atoms with Gasteiger partial charge in [-0.25, -0.2) is 0 Å². The molecule has 2 heteroatoms. The Hall–Kier alpha value is -1.96. The number of aryl methyl sites for hydroxylation is 3. The zero-order valence-electron chi connectivity index (χ0n) is 11.2. The largest absolute Gasteiger partial charge is 0.397 e. The highest BCUT2D eigenvalue weighted by Gasteiger charge is 2.01. The van der Waals surface area contributed by atoms with E-state index in [0.717, 1.165) is 17.9 Å². The average molecular weight is 240 g/mol. The number of nitrogen functional groups attached to an aromatic ring is 1. The summed E-state index contributed by atoms with van der Waals surface area (Å²) in [4.78, 5) is 0. The number of benzene rings is 2. The summed E-state index contributed by atoms with van der Waals surface area (Å²) in [5, 5.41) is 3.39. The molecule has 0 aliphatic heterocycles. The number of anilines is 2. The molecule has 0 atom stereocenters. The molecule has 0 aliphatic rings. The predicted octanol–water partition coefficient (Wildman–Crippen LogP) is 3.81. The molecule has 0 saturated carbocycles. The highest BCUT2D eigenvalue weighted by atomic mass is 14.9. The average Bonchev–Trinajstić information content (AvgIpc) is 2.30. The third-order valence-corrected chi connectivity index (χ3v) is 3.17. The predicted molar refractivity (Wildman–Crippen MR) is 78.8 cm³/mol. The molecule has 0 aromatic heterocycles. The standard InChI is InChI=1S/C16H20N2/c1-11-4-6-14(13(3)8-11)10-18-16-7-5-12(2)9-15(16)17/h4-9,18H,10,17H2,1-3H3. The first-order chi connectivity index (χ1) is 8.56. The topological polar surface area (TPSA) is 38.0 Å². The van der Waals surface area contributed by atoms with Gasteiger partial charge in [0.2, 0.25) is 0 Å². The number of nitrogens with one attached hydrogen (secondary N) is 1. The fraction of sp³-hybridized carbons (Fsp3) is 0.250. The van der Waals surface area contributed by atoms with E-state index >= 15 is 0 Å². The van der Waals surface area contributed by atoms with Crippen LogP contribution in [0.25, 0.3) is 0 Å². The molecule has 0 spiro atoms. The highest BCUT2D eigenvalue weighted by molar-refractivity contribution is 5.67. The van der Waals surface area contributed by atoms with Crippen molar-refractivity contribution in [3.63, 3.8) is 0 Å². The lowest BCUT2D eigenvalue weighted by molar-refractivity contribution is 1.11. The number of hydrogen-bond acceptors (Lipinski definition) is 2. The van der Waals surface area contributed by atoms with E-state index in [1.54, 1.807) is 0 Å². The second-order valence-electron chi connectivity index (χ2n) is 4.87. The van der Waals surface area contributed by atoms with Crippen molar-refractivity contribution >= 4 is 11.4 Å². The maximum atomic E-state index is 5.99. The lowest BCUT2D eigenvalue weighted by Crippen LogP contribution is -2.04. The second kappa shape index (κ2) is 5.13. The van der Waals surface area contributed by atoms with Crippen LogP contribution >= 0.6 is 0 Å². The molecule has 0 heterocycles. The number of nitrogens with two attached hydrogens (primary N) is 1. The van der Waals surface area contributed by atoms with Gasteiger partial charge in [0, 0.05) is 6.54 Å². The van der Waals surface area contributed by atoms with E-state index < -0.39 is 0 Å². The van der Waals surface area contributed by atoms with E-state index in [2.05, 4.69) is 43.4 Å². The van der Waals surface area contributed by atoms with Gasteiger partial charge in [0.05, 0.1) is 11.4 Å². The molecule has 18 heavy (non-hydrogen) atoms. The molecule has 0 radical (unpaired) electrons. The molecule has 94 valence electrons. The van der Waals surface area contributed by atoms with Gasteiger partial charge < -0.3 is 11.1 Å². The fourth-order valence-corrected chi connectivity index (χ4v) is 2.08. The molecular weight excluding hydrogens is 220 g/mol. The molecule has 0 saturated heterocycles. The first-order valence-corrected chi connectivity index (χ1v) is 6.22. The van der Waals surface area contributed by atoms with E-state index in [0.29, 0.717) is 0 Å². The van der Waals surface area contributed by atoms with Gasteiger partial charge in [-0.15, -0.1) is 0 Å². The quantitative estimate of drug-likeness (QED) is 0.801. The van der Waals surface area contributed by atoms with E-state index in [9.17, 15) is 0 Å². The highest BCUT2D eigenvalue weighted by Crippen LogP contribution is 2.21. The molecule has 3 N–H and O–H groups in total. The Morgan fingerprint density at radius 2 is 1.61 bits per heavy atom. The lowest BCUT2D eigenvalue weighted by atomic mass is 10.1. The molecular formula is C16H20N2. The summed E-state index contributed by atoms with van der Waals surface area (Å²) in [7, 11) is 0. The van der Waals surface area contributed by atoms with Crippen LogP contribution in [0.3, 0.4) is 0 Å². The third-order valence-electron chi connectivity index (χ3n) is 3.17. The van der Waals surface area contributed by atoms with Gasteiger partial charge in [-0.05, 0) is 49.6 Å². The zero-order chi connectivity index (χ0) is 13.1. The van der Waals surface area contributed by atoms with Crippen molar-refractivity contribution in [2.24, 2.45) is 0 Å². The van der Waals surface area contributed by atoms with Crippen molar-refractivity contribution in [3.05, 3.63) is 58.7 Å². The summed E-state index contributed by atoms with van der Waals surface area (Å²) in [6, 6.07) is 12.6. The van der Waals surface area contributed by atoms with Crippen LogP contribution in [-0.4, -0.2) is 0 Å². The van der Waals surface area contributed by atoms with E-state index in [1.807, 2.05) is 19.1 Å². The van der Waals surface area contributed by atoms with Crippen molar-refractivity contribution in [2.45, 2.75) is 27.3 Å². The maximum absolute atomic E-state index is 5.99. The Morgan fingerprint density at radius 1 is 0.944 bits per heavy atom. The van der Waals surface area contributed by atoms with Gasteiger partial charge in [-0.1, -0.05) is 29.8 Å². The third kappa shape index (κ3) is 2.83. The van der Waals surface area contributed by atoms with Crippen molar-refractivity contribution in [1.29, 1.82) is 0 Å². The molecule has 2 nitrogen and oxygen atoms in total. The smallest absolute Gasteiger partial charge is 0.0576 e. The van der Waals surface area contributed by atoms with Crippen molar-refractivity contribution in [3.8, 4) is 0 Å². The number of hydrogen-bond donors (Lipinski definition) is 2. The van der Waals surface area contributed by atoms with Crippen LogP contribution in [0.15, 0.2) is 36.4 Å². The van der Waals surface area contributed by atoms with Crippen LogP contribution in [-0.2, 0) is 6.54 Å². The molecule has 2 aromatic carbocycles. The van der Waals surface area contributed by atoms with Crippen molar-refractivity contribution < 1.29 is 0 Å². The molecule has 0 aliphatic carbocycles. The van der Waals surface area contributed by atoms with E-state index in [1.165, 1.54) is 22.3 Å². The lowest BCUT2D eigenvalue weighted by Gasteiger charge is -2.12. The number of rotatable bonds is 3. The molecule has 2 aromatic rings. The van der Waals surface area contributed by atoms with Gasteiger partial charge in [0.25, 0.3) is 0 Å². The van der Waals surface area contributed by atoms with Crippen LogP contribution in [0.2, 0.25) is 0 Å². The van der Waals surface area contributed by atoms with Crippen molar-refractivity contribution in [1.82, 2.24) is 0 Å². The Morgan fingerprint density at radius 3 is 2.28 bits per heavy atom. The van der Waals surface area contributed by atoms with Crippen LogP contribution in [0.4, 0.5) is 11.4 Å². The van der Waals surface area contributed by atoms with Gasteiger partial charge >= 0.3 is 0 Å². The van der Waals surface area contributed by atoms with Gasteiger partial charge in [-0.2, -0.15) is 0 Å². The Kier molecular flexibility index (Phi) is 3.56. The van der Waals surface area contributed by atoms with E-state index in [4.69, 9.17) is 5.73 Å². The zero-order valence-corrected chi connectivity index (χ0v) is 11.2. The second-order valence-corrected chi connectivity index (χ2v) is 4.87. The summed E-state index contributed by atoms with van der Waals surface area (Å²) in [5.74, 6) is 0. The van der Waals surface area contributed by atoms with Crippen molar-refractivity contribution in [2.75, 3.05) is 11.1 Å². The monoisotopic (exact) mass is 240 g/mol. The summed E-state index contributed by atoms with van der Waals surface area (Å²) in [6.45, 7) is 7.11. The van der Waals surface area contributed by atoms with Crippen LogP contribution in [0.5, 0.6) is 0 Å². The van der Waals surface area contributed by atoms with Gasteiger partial charge in [0.1, 0.15) is 0 Å². The SMILES string of the molecule is Cc1ccc(CNc2ccc(C)cc2N)c(C)c1. The molecule has 0 bridgehead atoms. The summed E-state index contributed by atoms with van der Waals surface area (Å²) < 4.78 is 0. The van der Waals surface area contributed by atoms with Crippen LogP contribution < -0.4 is 11.1 Å². The Bertz CT molecular complexity index is 508. The minimum absolute atomic E-state index is 0.805. The molecule has 2 rings (SSSR count). The molecule has 0 fully saturated rings. The molecule has 0 unspecified atom stereocenters. The first kappa shape index (κ1) is 12.5. The Balaban J connectivity index is 2.11. The Labute approximate surface area is 109 Å². The maximum Gasteiger partial charge on any atom is 0.0576 e. The normalized spacial score (nSPS) is 10.4. The van der Waals surface area contributed by atoms with Gasteiger partial charge in [0.15, 0.2) is 0 Å². The van der Waals surface area contributed by atoms with Crippen LogP contribution in [0.1, 0.15) is 22.3 Å². The fourth-order valence-electron chi connectivity index (χ4n) is 2.08. The summed E-state index contributed by atoms with van der Waals surface area (Å²) in [5.41, 5.74) is 12.9. The summed E-state index contributed by atoms with van der Waals surface area (Å²) >= 11 is 0. The van der Waals surface area contributed by atoms with E-state index in [-0.39, 0.29) is 0 Å². The van der Waals surface area contributed by atoms with Gasteiger partial charge in [-0.3, -0.25) is 0 Å². The van der Waals surface area contributed by atoms with Crippen LogP contribution in [0, 0.1) is 20.8 Å².